The molecule has 10 heteroatoms. The van der Waals surface area contributed by atoms with Crippen molar-refractivity contribution in [2.75, 3.05) is 25.1 Å². The molecule has 0 unspecified atom stereocenters. The summed E-state index contributed by atoms with van der Waals surface area (Å²) in [5.74, 6) is -0.930. The lowest BCUT2D eigenvalue weighted by Gasteiger charge is -2.14. The number of nitrogens with one attached hydrogen (secondary N) is 1. The molecule has 2 amide bonds. The molecule has 0 saturated carbocycles. The number of carbonyl (C=O) groups excluding carboxylic acids is 2. The van der Waals surface area contributed by atoms with Crippen LogP contribution in [0.3, 0.4) is 0 Å². The van der Waals surface area contributed by atoms with Gasteiger partial charge in [0.1, 0.15) is 5.69 Å². The fourth-order valence-corrected chi connectivity index (χ4v) is 5.24. The van der Waals surface area contributed by atoms with Gasteiger partial charge in [0.2, 0.25) is 0 Å². The zero-order valence-corrected chi connectivity index (χ0v) is 19.9. The Kier molecular flexibility index (Phi) is 6.07. The first-order valence-electron chi connectivity index (χ1n) is 10.1. The minimum atomic E-state index is -4.11. The monoisotopic (exact) mass is 496 g/mol. The third-order valence-corrected chi connectivity index (χ3v) is 7.16. The molecule has 4 aromatic rings. The second kappa shape index (κ2) is 8.85. The average molecular weight is 497 g/mol. The molecule has 174 valence electrons. The Balaban J connectivity index is 1.80. The second-order valence-electron chi connectivity index (χ2n) is 7.77. The minimum absolute atomic E-state index is 0.0302. The third kappa shape index (κ3) is 4.23. The Hall–Kier alpha value is -3.82. The number of hydrogen-bond donors (Lipinski definition) is 2. The van der Waals surface area contributed by atoms with Crippen LogP contribution in [0.5, 0.6) is 0 Å². The van der Waals surface area contributed by atoms with Gasteiger partial charge in [-0.1, -0.05) is 29.8 Å². The van der Waals surface area contributed by atoms with E-state index in [-0.39, 0.29) is 27.9 Å². The standard InChI is InChI=1S/C24H21ClN4O4S/c1-28(2)24(31)15-8-10-20(19(26)13-15)27-23(30)22-14-16-12-17(25)9-11-21(16)29(22)34(32,33)18-6-4-3-5-7-18/h3-14H,26H2,1-2H3,(H,27,30). The lowest BCUT2D eigenvalue weighted by atomic mass is 10.1. The Morgan fingerprint density at radius 3 is 2.32 bits per heavy atom. The molecule has 0 saturated heterocycles. The van der Waals surface area contributed by atoms with E-state index in [1.165, 1.54) is 41.3 Å². The quantitative estimate of drug-likeness (QED) is 0.404. The van der Waals surface area contributed by atoms with E-state index >= 15 is 0 Å². The first kappa shape index (κ1) is 23.3. The topological polar surface area (TPSA) is 114 Å². The smallest absolute Gasteiger partial charge is 0.273 e. The van der Waals surface area contributed by atoms with Crippen LogP contribution in [0.4, 0.5) is 11.4 Å². The summed E-state index contributed by atoms with van der Waals surface area (Å²) in [4.78, 5) is 26.9. The van der Waals surface area contributed by atoms with Crippen molar-refractivity contribution in [2.45, 2.75) is 4.90 Å². The van der Waals surface area contributed by atoms with Gasteiger partial charge in [0.05, 0.1) is 21.8 Å². The number of nitrogens with two attached hydrogens (primary N) is 1. The molecular weight excluding hydrogens is 476 g/mol. The van der Waals surface area contributed by atoms with Gasteiger partial charge in [0.15, 0.2) is 0 Å². The number of rotatable bonds is 5. The van der Waals surface area contributed by atoms with E-state index in [2.05, 4.69) is 5.32 Å². The molecule has 0 aliphatic rings. The Bertz CT molecular complexity index is 1530. The summed E-state index contributed by atoms with van der Waals surface area (Å²) in [6.07, 6.45) is 0. The van der Waals surface area contributed by atoms with Gasteiger partial charge in [-0.2, -0.15) is 0 Å². The van der Waals surface area contributed by atoms with Gasteiger partial charge < -0.3 is 16.0 Å². The fraction of sp³-hybridized carbons (Fsp3) is 0.0833. The van der Waals surface area contributed by atoms with Crippen LogP contribution in [0, 0.1) is 0 Å². The molecule has 0 atom stereocenters. The SMILES string of the molecule is CN(C)C(=O)c1ccc(NC(=O)c2cc3cc(Cl)ccc3n2S(=O)(=O)c2ccccc2)c(N)c1. The Morgan fingerprint density at radius 2 is 1.68 bits per heavy atom. The van der Waals surface area contributed by atoms with Crippen LogP contribution in [0.25, 0.3) is 10.9 Å². The van der Waals surface area contributed by atoms with Gasteiger partial charge in [-0.05, 0) is 54.6 Å². The molecule has 0 aliphatic carbocycles. The largest absolute Gasteiger partial charge is 0.397 e. The van der Waals surface area contributed by atoms with Crippen molar-refractivity contribution in [3.63, 3.8) is 0 Å². The maximum Gasteiger partial charge on any atom is 0.273 e. The van der Waals surface area contributed by atoms with Gasteiger partial charge in [-0.3, -0.25) is 9.59 Å². The third-order valence-electron chi connectivity index (χ3n) is 5.19. The highest BCUT2D eigenvalue weighted by Gasteiger charge is 2.27. The summed E-state index contributed by atoms with van der Waals surface area (Å²) in [7, 11) is -0.874. The van der Waals surface area contributed by atoms with Crippen molar-refractivity contribution in [1.29, 1.82) is 0 Å². The fourth-order valence-electron chi connectivity index (χ4n) is 3.53. The van der Waals surface area contributed by atoms with E-state index in [1.807, 2.05) is 0 Å². The predicted octanol–water partition coefficient (Wildman–Crippen LogP) is 4.07. The molecule has 1 aromatic heterocycles. The minimum Gasteiger partial charge on any atom is -0.397 e. The van der Waals surface area contributed by atoms with Crippen LogP contribution >= 0.6 is 11.6 Å². The molecule has 0 radical (unpaired) electrons. The summed E-state index contributed by atoms with van der Waals surface area (Å²) >= 11 is 6.10. The molecule has 0 spiro atoms. The number of fused-ring (bicyclic) bond motifs is 1. The lowest BCUT2D eigenvalue weighted by Crippen LogP contribution is -2.23. The highest BCUT2D eigenvalue weighted by molar-refractivity contribution is 7.90. The van der Waals surface area contributed by atoms with Crippen LogP contribution in [-0.2, 0) is 10.0 Å². The van der Waals surface area contributed by atoms with Crippen LogP contribution in [0.2, 0.25) is 5.02 Å². The van der Waals surface area contributed by atoms with E-state index in [4.69, 9.17) is 17.3 Å². The number of carbonyl (C=O) groups is 2. The number of amides is 2. The van der Waals surface area contributed by atoms with Gasteiger partial charge in [-0.25, -0.2) is 12.4 Å². The molecule has 8 nitrogen and oxygen atoms in total. The summed E-state index contributed by atoms with van der Waals surface area (Å²) in [6, 6.07) is 18.4. The molecule has 0 fully saturated rings. The molecular formula is C24H21ClN4O4S. The van der Waals surface area contributed by atoms with Crippen LogP contribution in [0.1, 0.15) is 20.8 Å². The Morgan fingerprint density at radius 1 is 0.971 bits per heavy atom. The second-order valence-corrected chi connectivity index (χ2v) is 9.99. The zero-order chi connectivity index (χ0) is 24.6. The molecule has 1 heterocycles. The van der Waals surface area contributed by atoms with Gasteiger partial charge in [0, 0.05) is 30.1 Å². The van der Waals surface area contributed by atoms with Crippen molar-refractivity contribution >= 4 is 55.7 Å². The number of nitrogen functional groups attached to an aromatic ring is 1. The molecule has 4 rings (SSSR count). The Labute approximate surface area is 201 Å². The summed E-state index contributed by atoms with van der Waals surface area (Å²) in [5.41, 5.74) is 7.02. The van der Waals surface area contributed by atoms with Crippen molar-refractivity contribution in [3.05, 3.63) is 89.1 Å². The highest BCUT2D eigenvalue weighted by atomic mass is 35.5. The molecule has 34 heavy (non-hydrogen) atoms. The number of nitrogens with zero attached hydrogens (tertiary/aromatic N) is 2. The summed E-state index contributed by atoms with van der Waals surface area (Å²) in [5, 5.41) is 3.54. The normalized spacial score (nSPS) is 11.4. The van der Waals surface area contributed by atoms with E-state index < -0.39 is 15.9 Å². The van der Waals surface area contributed by atoms with Crippen molar-refractivity contribution in [1.82, 2.24) is 8.87 Å². The molecule has 3 N–H and O–H groups in total. The number of hydrogen-bond acceptors (Lipinski definition) is 5. The molecule has 3 aromatic carbocycles. The maximum absolute atomic E-state index is 13.5. The number of benzene rings is 3. The van der Waals surface area contributed by atoms with Crippen LogP contribution in [0.15, 0.2) is 77.7 Å². The number of anilines is 2. The van der Waals surface area contributed by atoms with Gasteiger partial charge >= 0.3 is 0 Å². The van der Waals surface area contributed by atoms with Gasteiger partial charge in [0.25, 0.3) is 21.8 Å². The van der Waals surface area contributed by atoms with E-state index in [0.29, 0.717) is 21.5 Å². The van der Waals surface area contributed by atoms with Crippen molar-refractivity contribution < 1.29 is 18.0 Å². The number of aromatic nitrogens is 1. The van der Waals surface area contributed by atoms with Crippen LogP contribution < -0.4 is 11.1 Å². The lowest BCUT2D eigenvalue weighted by molar-refractivity contribution is 0.0827. The molecule has 0 bridgehead atoms. The van der Waals surface area contributed by atoms with Crippen molar-refractivity contribution in [3.8, 4) is 0 Å². The van der Waals surface area contributed by atoms with Crippen LogP contribution in [-0.4, -0.2) is 43.2 Å². The first-order chi connectivity index (χ1) is 16.1. The predicted molar refractivity (Wildman–Crippen MR) is 133 cm³/mol. The van der Waals surface area contributed by atoms with E-state index in [1.54, 1.807) is 50.5 Å². The van der Waals surface area contributed by atoms with E-state index in [0.717, 1.165) is 3.97 Å². The first-order valence-corrected chi connectivity index (χ1v) is 12.0. The van der Waals surface area contributed by atoms with Crippen molar-refractivity contribution in [2.24, 2.45) is 0 Å². The summed E-state index contributed by atoms with van der Waals surface area (Å²) < 4.78 is 28.0. The summed E-state index contributed by atoms with van der Waals surface area (Å²) in [6.45, 7) is 0. The van der Waals surface area contributed by atoms with Gasteiger partial charge in [-0.15, -0.1) is 0 Å². The number of halogens is 1. The molecule has 0 aliphatic heterocycles. The highest BCUT2D eigenvalue weighted by Crippen LogP contribution is 2.29. The van der Waals surface area contributed by atoms with E-state index in [9.17, 15) is 18.0 Å². The average Bonchev–Trinajstić information content (AvgIpc) is 3.20. The zero-order valence-electron chi connectivity index (χ0n) is 18.3. The maximum atomic E-state index is 13.5.